The zero-order chi connectivity index (χ0) is 12.1. The normalized spacial score (nSPS) is 11.0. The summed E-state index contributed by atoms with van der Waals surface area (Å²) in [6, 6.07) is 0. The summed E-state index contributed by atoms with van der Waals surface area (Å²) in [5, 5.41) is 8.10. The second-order valence-corrected chi connectivity index (χ2v) is 4.35. The standard InChI is InChI=1S/C10H18N4OS/c1-7(2)9-8(10(11)16)12-13-14(9)5-4-6-15-3/h7H,4-6H2,1-3H3,(H2,11,16). The zero-order valence-electron chi connectivity index (χ0n) is 9.93. The molecule has 0 aliphatic heterocycles. The van der Waals surface area contributed by atoms with Crippen LogP contribution in [0.25, 0.3) is 0 Å². The van der Waals surface area contributed by atoms with Crippen molar-refractivity contribution in [1.82, 2.24) is 15.0 Å². The molecule has 2 N–H and O–H groups in total. The smallest absolute Gasteiger partial charge is 0.143 e. The Morgan fingerprint density at radius 2 is 2.25 bits per heavy atom. The van der Waals surface area contributed by atoms with Gasteiger partial charge in [0, 0.05) is 20.3 Å². The summed E-state index contributed by atoms with van der Waals surface area (Å²) in [5.41, 5.74) is 7.26. The van der Waals surface area contributed by atoms with Crippen molar-refractivity contribution in [1.29, 1.82) is 0 Å². The van der Waals surface area contributed by atoms with Crippen molar-refractivity contribution in [3.05, 3.63) is 11.4 Å². The molecule has 0 bridgehead atoms. The van der Waals surface area contributed by atoms with Crippen molar-refractivity contribution in [3.63, 3.8) is 0 Å². The van der Waals surface area contributed by atoms with Gasteiger partial charge in [0.05, 0.1) is 5.69 Å². The average Bonchev–Trinajstić information content (AvgIpc) is 2.62. The van der Waals surface area contributed by atoms with Gasteiger partial charge in [0.2, 0.25) is 0 Å². The number of nitrogens with zero attached hydrogens (tertiary/aromatic N) is 3. The number of hydrogen-bond acceptors (Lipinski definition) is 4. The minimum Gasteiger partial charge on any atom is -0.388 e. The molecule has 0 aromatic carbocycles. The van der Waals surface area contributed by atoms with Crippen molar-refractivity contribution in [2.24, 2.45) is 5.73 Å². The molecule has 0 radical (unpaired) electrons. The van der Waals surface area contributed by atoms with E-state index in [2.05, 4.69) is 24.2 Å². The molecular weight excluding hydrogens is 224 g/mol. The van der Waals surface area contributed by atoms with Gasteiger partial charge in [0.25, 0.3) is 0 Å². The molecule has 0 atom stereocenters. The fourth-order valence-electron chi connectivity index (χ4n) is 1.59. The van der Waals surface area contributed by atoms with Gasteiger partial charge in [-0.15, -0.1) is 5.10 Å². The Morgan fingerprint density at radius 3 is 2.75 bits per heavy atom. The number of thiocarbonyl (C=S) groups is 1. The van der Waals surface area contributed by atoms with Gasteiger partial charge in [-0.3, -0.25) is 0 Å². The zero-order valence-corrected chi connectivity index (χ0v) is 10.8. The van der Waals surface area contributed by atoms with Gasteiger partial charge in [0.15, 0.2) is 0 Å². The van der Waals surface area contributed by atoms with E-state index in [0.717, 1.165) is 18.7 Å². The fraction of sp³-hybridized carbons (Fsp3) is 0.700. The SMILES string of the molecule is COCCCn1nnc(C(N)=S)c1C(C)C. The summed E-state index contributed by atoms with van der Waals surface area (Å²) in [6.07, 6.45) is 0.899. The average molecular weight is 242 g/mol. The Balaban J connectivity index is 2.87. The Bertz CT molecular complexity index is 362. The lowest BCUT2D eigenvalue weighted by molar-refractivity contribution is 0.188. The highest BCUT2D eigenvalue weighted by Gasteiger charge is 2.17. The van der Waals surface area contributed by atoms with Crippen LogP contribution in [0.5, 0.6) is 0 Å². The lowest BCUT2D eigenvalue weighted by atomic mass is 10.1. The molecule has 0 saturated carbocycles. The molecular formula is C10H18N4OS. The maximum absolute atomic E-state index is 5.61. The van der Waals surface area contributed by atoms with Crippen LogP contribution in [0.2, 0.25) is 0 Å². The molecule has 1 rings (SSSR count). The highest BCUT2D eigenvalue weighted by molar-refractivity contribution is 7.80. The van der Waals surface area contributed by atoms with Crippen LogP contribution >= 0.6 is 12.2 Å². The molecule has 6 heteroatoms. The monoisotopic (exact) mass is 242 g/mol. The van der Waals surface area contributed by atoms with E-state index >= 15 is 0 Å². The molecule has 5 nitrogen and oxygen atoms in total. The lowest BCUT2D eigenvalue weighted by Gasteiger charge is -2.10. The van der Waals surface area contributed by atoms with E-state index in [1.807, 2.05) is 4.68 Å². The van der Waals surface area contributed by atoms with E-state index in [9.17, 15) is 0 Å². The Morgan fingerprint density at radius 1 is 1.56 bits per heavy atom. The van der Waals surface area contributed by atoms with Crippen LogP contribution in [0.3, 0.4) is 0 Å². The number of nitrogens with two attached hydrogens (primary N) is 1. The first-order valence-electron chi connectivity index (χ1n) is 5.30. The molecule has 90 valence electrons. The molecule has 0 fully saturated rings. The van der Waals surface area contributed by atoms with Gasteiger partial charge in [0.1, 0.15) is 10.7 Å². The minimum atomic E-state index is 0.300. The maximum atomic E-state index is 5.61. The fourth-order valence-corrected chi connectivity index (χ4v) is 1.74. The van der Waals surface area contributed by atoms with Crippen LogP contribution in [0.1, 0.15) is 37.6 Å². The largest absolute Gasteiger partial charge is 0.388 e. The number of aromatic nitrogens is 3. The third-order valence-electron chi connectivity index (χ3n) is 2.27. The third-order valence-corrected chi connectivity index (χ3v) is 2.47. The second-order valence-electron chi connectivity index (χ2n) is 3.91. The Kier molecular flexibility index (Phi) is 4.82. The van der Waals surface area contributed by atoms with Gasteiger partial charge in [-0.2, -0.15) is 0 Å². The number of ether oxygens (including phenoxy) is 1. The number of rotatable bonds is 6. The van der Waals surface area contributed by atoms with E-state index in [0.29, 0.717) is 23.2 Å². The number of aryl methyl sites for hydroxylation is 1. The van der Waals surface area contributed by atoms with Gasteiger partial charge < -0.3 is 10.5 Å². The molecule has 0 spiro atoms. The van der Waals surface area contributed by atoms with Gasteiger partial charge in [-0.25, -0.2) is 4.68 Å². The molecule has 1 aromatic rings. The minimum absolute atomic E-state index is 0.300. The molecule has 0 saturated heterocycles. The summed E-state index contributed by atoms with van der Waals surface area (Å²) in [4.78, 5) is 0.307. The van der Waals surface area contributed by atoms with Crippen molar-refractivity contribution in [2.45, 2.75) is 32.7 Å². The summed E-state index contributed by atoms with van der Waals surface area (Å²) in [6.45, 7) is 5.64. The highest BCUT2D eigenvalue weighted by atomic mass is 32.1. The van der Waals surface area contributed by atoms with Crippen molar-refractivity contribution in [3.8, 4) is 0 Å². The van der Waals surface area contributed by atoms with Crippen LogP contribution in [0.15, 0.2) is 0 Å². The second kappa shape index (κ2) is 5.91. The molecule has 0 amide bonds. The first kappa shape index (κ1) is 13.1. The first-order chi connectivity index (χ1) is 7.57. The molecule has 0 aliphatic rings. The van der Waals surface area contributed by atoms with Crippen LogP contribution in [0, 0.1) is 0 Å². The summed E-state index contributed by atoms with van der Waals surface area (Å²) in [5.74, 6) is 0.300. The summed E-state index contributed by atoms with van der Waals surface area (Å²) < 4.78 is 6.87. The highest BCUT2D eigenvalue weighted by Crippen LogP contribution is 2.17. The first-order valence-corrected chi connectivity index (χ1v) is 5.70. The topological polar surface area (TPSA) is 66.0 Å². The predicted molar refractivity (Wildman–Crippen MR) is 66.5 cm³/mol. The third kappa shape index (κ3) is 2.99. The molecule has 0 unspecified atom stereocenters. The van der Waals surface area contributed by atoms with Crippen molar-refractivity contribution in [2.75, 3.05) is 13.7 Å². The van der Waals surface area contributed by atoms with Crippen LogP contribution in [-0.2, 0) is 11.3 Å². The van der Waals surface area contributed by atoms with E-state index in [4.69, 9.17) is 22.7 Å². The maximum Gasteiger partial charge on any atom is 0.143 e. The predicted octanol–water partition coefficient (Wildman–Crippen LogP) is 1.07. The molecule has 1 aromatic heterocycles. The number of hydrogen-bond donors (Lipinski definition) is 1. The van der Waals surface area contributed by atoms with Gasteiger partial charge in [-0.1, -0.05) is 31.3 Å². The molecule has 1 heterocycles. The van der Waals surface area contributed by atoms with E-state index in [1.54, 1.807) is 7.11 Å². The van der Waals surface area contributed by atoms with Crippen LogP contribution in [0.4, 0.5) is 0 Å². The molecule has 0 aliphatic carbocycles. The van der Waals surface area contributed by atoms with Crippen molar-refractivity contribution < 1.29 is 4.74 Å². The number of methoxy groups -OCH3 is 1. The summed E-state index contributed by atoms with van der Waals surface area (Å²) in [7, 11) is 1.69. The van der Waals surface area contributed by atoms with Crippen LogP contribution in [-0.4, -0.2) is 33.7 Å². The van der Waals surface area contributed by atoms with Gasteiger partial charge in [-0.05, 0) is 12.3 Å². The Labute approximate surface area is 101 Å². The van der Waals surface area contributed by atoms with E-state index in [1.165, 1.54) is 0 Å². The van der Waals surface area contributed by atoms with E-state index < -0.39 is 0 Å². The van der Waals surface area contributed by atoms with Gasteiger partial charge >= 0.3 is 0 Å². The van der Waals surface area contributed by atoms with Crippen molar-refractivity contribution >= 4 is 17.2 Å². The summed E-state index contributed by atoms with van der Waals surface area (Å²) >= 11 is 4.95. The van der Waals surface area contributed by atoms with Crippen LogP contribution < -0.4 is 5.73 Å². The Hall–Kier alpha value is -1.01. The molecule has 16 heavy (non-hydrogen) atoms. The lowest BCUT2D eigenvalue weighted by Crippen LogP contribution is -2.15. The quantitative estimate of drug-likeness (QED) is 0.597. The van der Waals surface area contributed by atoms with E-state index in [-0.39, 0.29) is 0 Å².